The van der Waals surface area contributed by atoms with E-state index in [1.165, 1.54) is 87.1 Å². The molecule has 1 nitrogen and oxygen atoms in total. The molecule has 2 aliphatic carbocycles. The molecule has 9 aromatic carbocycles. The van der Waals surface area contributed by atoms with E-state index >= 15 is 0 Å². The van der Waals surface area contributed by atoms with Gasteiger partial charge in [0.1, 0.15) is 0 Å². The molecule has 0 radical (unpaired) electrons. The Morgan fingerprint density at radius 1 is 0.373 bits per heavy atom. The van der Waals surface area contributed by atoms with Gasteiger partial charge in [-0.05, 0) is 105 Å². The first-order valence-electron chi connectivity index (χ1n) is 20.5. The third kappa shape index (κ3) is 4.78. The van der Waals surface area contributed by atoms with Crippen LogP contribution in [0.2, 0.25) is 0 Å². The van der Waals surface area contributed by atoms with Crippen molar-refractivity contribution < 1.29 is 0 Å². The molecule has 0 bridgehead atoms. The molecule has 1 aromatic heterocycles. The van der Waals surface area contributed by atoms with Crippen molar-refractivity contribution in [3.8, 4) is 22.3 Å². The Kier molecular flexibility index (Phi) is 7.51. The number of nitrogens with zero attached hydrogens (tertiary/aromatic N) is 1. The lowest BCUT2D eigenvalue weighted by atomic mass is 9.68. The van der Waals surface area contributed by atoms with Crippen LogP contribution in [0.3, 0.4) is 0 Å². The highest BCUT2D eigenvalue weighted by Gasteiger charge is 2.46. The second-order valence-electron chi connectivity index (χ2n) is 16.1. The fourth-order valence-corrected chi connectivity index (χ4v) is 11.8. The number of fused-ring (bicyclic) bond motifs is 9. The Morgan fingerprint density at radius 2 is 0.898 bits per heavy atom. The van der Waals surface area contributed by atoms with E-state index in [9.17, 15) is 0 Å². The van der Waals surface area contributed by atoms with E-state index in [-0.39, 0.29) is 5.41 Å². The van der Waals surface area contributed by atoms with Crippen molar-refractivity contribution in [3.05, 3.63) is 257 Å². The van der Waals surface area contributed by atoms with Crippen LogP contribution < -0.4 is 4.90 Å². The van der Waals surface area contributed by atoms with Gasteiger partial charge in [-0.2, -0.15) is 0 Å². The minimum absolute atomic E-state index is 0.319. The highest BCUT2D eigenvalue weighted by molar-refractivity contribution is 7.26. The highest BCUT2D eigenvalue weighted by atomic mass is 32.1. The van der Waals surface area contributed by atoms with Crippen LogP contribution in [0, 0.1) is 0 Å². The summed E-state index contributed by atoms with van der Waals surface area (Å²) in [6.07, 6.45) is 0. The Morgan fingerprint density at radius 3 is 1.63 bits per heavy atom. The maximum Gasteiger partial charge on any atom is 0.0713 e. The smallest absolute Gasteiger partial charge is 0.0713 e. The van der Waals surface area contributed by atoms with Gasteiger partial charge in [-0.1, -0.05) is 182 Å². The van der Waals surface area contributed by atoms with E-state index in [0.29, 0.717) is 0 Å². The normalized spacial score (nSPS) is 15.7. The number of hydrogen-bond donors (Lipinski definition) is 0. The van der Waals surface area contributed by atoms with Crippen LogP contribution in [0.4, 0.5) is 17.1 Å². The van der Waals surface area contributed by atoms with Crippen molar-refractivity contribution >= 4 is 48.6 Å². The molecule has 2 aliphatic rings. The van der Waals surface area contributed by atoms with Gasteiger partial charge >= 0.3 is 0 Å². The topological polar surface area (TPSA) is 3.24 Å². The number of rotatable bonds is 6. The third-order valence-electron chi connectivity index (χ3n) is 13.2. The predicted molar refractivity (Wildman–Crippen MR) is 249 cm³/mol. The SMILES string of the molecule is CC1(c2ccccc2)c2ccccc2-c2ccc(N(c3ccc4c(c3)-c3ccccc3C4(c3ccccc3)c3ccccc3)c3cccc4c3sc3ccccc34)cc21. The van der Waals surface area contributed by atoms with E-state index < -0.39 is 5.41 Å². The summed E-state index contributed by atoms with van der Waals surface area (Å²) in [7, 11) is 0. The van der Waals surface area contributed by atoms with Gasteiger partial charge in [0.2, 0.25) is 0 Å². The molecular formula is C57H39NS. The molecular weight excluding hydrogens is 731 g/mol. The van der Waals surface area contributed by atoms with Crippen LogP contribution in [0.25, 0.3) is 42.4 Å². The lowest BCUT2D eigenvalue weighted by Crippen LogP contribution is -2.28. The van der Waals surface area contributed by atoms with Gasteiger partial charge in [-0.25, -0.2) is 0 Å². The molecule has 1 heterocycles. The van der Waals surface area contributed by atoms with E-state index in [0.717, 1.165) is 11.4 Å². The average Bonchev–Trinajstić information content (AvgIpc) is 3.93. The standard InChI is InChI=1S/C57H39NS/c1-56(38-18-5-2-6-19-38)49-28-14-11-24-43(49)45-34-32-42(37-52(45)56)58(53-30-17-27-47-46-26-13-16-31-54(46)59-55(47)53)41-33-35-51-48(36-41)44-25-12-15-29-50(44)57(51,39-20-7-3-8-21-39)40-22-9-4-10-23-40/h2-37H,1H3. The molecule has 1 atom stereocenters. The van der Waals surface area contributed by atoms with E-state index in [1.54, 1.807) is 0 Å². The molecule has 2 heteroatoms. The van der Waals surface area contributed by atoms with E-state index in [2.05, 4.69) is 230 Å². The van der Waals surface area contributed by atoms with Crippen LogP contribution in [0.15, 0.2) is 218 Å². The lowest BCUT2D eigenvalue weighted by molar-refractivity contribution is 0.714. The molecule has 0 saturated carbocycles. The van der Waals surface area contributed by atoms with Crippen LogP contribution in [0.5, 0.6) is 0 Å². The molecule has 0 saturated heterocycles. The summed E-state index contributed by atoms with van der Waals surface area (Å²) in [5.74, 6) is 0. The average molecular weight is 770 g/mol. The first kappa shape index (κ1) is 34.1. The summed E-state index contributed by atoms with van der Waals surface area (Å²) in [5.41, 5.74) is 17.0. The number of anilines is 3. The van der Waals surface area contributed by atoms with Crippen molar-refractivity contribution in [2.75, 3.05) is 4.90 Å². The lowest BCUT2D eigenvalue weighted by Gasteiger charge is -2.34. The minimum atomic E-state index is -0.458. The van der Waals surface area contributed by atoms with Gasteiger partial charge < -0.3 is 4.90 Å². The van der Waals surface area contributed by atoms with Gasteiger partial charge in [0.15, 0.2) is 0 Å². The molecule has 59 heavy (non-hydrogen) atoms. The molecule has 10 aromatic rings. The number of thiophene rings is 1. The van der Waals surface area contributed by atoms with Gasteiger partial charge in [0, 0.05) is 32.3 Å². The summed E-state index contributed by atoms with van der Waals surface area (Å²) < 4.78 is 2.58. The molecule has 1 unspecified atom stereocenters. The summed E-state index contributed by atoms with van der Waals surface area (Å²) in [5, 5.41) is 2.59. The fraction of sp³-hybridized carbons (Fsp3) is 0.0526. The Labute approximate surface area is 349 Å². The molecule has 0 aliphatic heterocycles. The summed E-state index contributed by atoms with van der Waals surface area (Å²) >= 11 is 1.88. The number of hydrogen-bond acceptors (Lipinski definition) is 2. The molecule has 0 fully saturated rings. The van der Waals surface area contributed by atoms with Gasteiger partial charge in [0.05, 0.1) is 15.8 Å². The molecule has 12 rings (SSSR count). The fourth-order valence-electron chi connectivity index (χ4n) is 10.6. The molecule has 0 amide bonds. The first-order chi connectivity index (χ1) is 29.2. The van der Waals surface area contributed by atoms with Gasteiger partial charge in [-0.15, -0.1) is 11.3 Å². The van der Waals surface area contributed by atoms with Crippen molar-refractivity contribution in [2.45, 2.75) is 17.8 Å². The van der Waals surface area contributed by atoms with Crippen LogP contribution in [-0.2, 0) is 10.8 Å². The van der Waals surface area contributed by atoms with Gasteiger partial charge in [0.25, 0.3) is 0 Å². The Balaban J connectivity index is 1.14. The summed E-state index contributed by atoms with van der Waals surface area (Å²) in [6, 6.07) is 81.3. The zero-order valence-corrected chi connectivity index (χ0v) is 33.5. The van der Waals surface area contributed by atoms with Crippen LogP contribution in [0.1, 0.15) is 45.9 Å². The summed E-state index contributed by atoms with van der Waals surface area (Å²) in [4.78, 5) is 2.53. The Bertz CT molecular complexity index is 3200. The van der Waals surface area contributed by atoms with E-state index in [4.69, 9.17) is 0 Å². The molecule has 0 N–H and O–H groups in total. The quantitative estimate of drug-likeness (QED) is 0.163. The zero-order valence-electron chi connectivity index (χ0n) is 32.6. The second kappa shape index (κ2) is 13.0. The first-order valence-corrected chi connectivity index (χ1v) is 21.3. The van der Waals surface area contributed by atoms with Crippen LogP contribution in [-0.4, -0.2) is 0 Å². The highest BCUT2D eigenvalue weighted by Crippen LogP contribution is 2.58. The Hall–Kier alpha value is -7.00. The van der Waals surface area contributed by atoms with E-state index in [1.807, 2.05) is 11.3 Å². The van der Waals surface area contributed by atoms with Crippen LogP contribution >= 0.6 is 11.3 Å². The van der Waals surface area contributed by atoms with Crippen molar-refractivity contribution in [1.82, 2.24) is 0 Å². The predicted octanol–water partition coefficient (Wildman–Crippen LogP) is 15.2. The van der Waals surface area contributed by atoms with Crippen molar-refractivity contribution in [1.29, 1.82) is 0 Å². The monoisotopic (exact) mass is 769 g/mol. The number of benzene rings is 9. The van der Waals surface area contributed by atoms with Crippen molar-refractivity contribution in [2.24, 2.45) is 0 Å². The second-order valence-corrected chi connectivity index (χ2v) is 17.2. The zero-order chi connectivity index (χ0) is 39.1. The maximum absolute atomic E-state index is 2.53. The molecule has 0 spiro atoms. The summed E-state index contributed by atoms with van der Waals surface area (Å²) in [6.45, 7) is 2.41. The van der Waals surface area contributed by atoms with Gasteiger partial charge in [-0.3, -0.25) is 0 Å². The molecule has 278 valence electrons. The largest absolute Gasteiger partial charge is 0.309 e. The van der Waals surface area contributed by atoms with Crippen molar-refractivity contribution in [3.63, 3.8) is 0 Å². The third-order valence-corrected chi connectivity index (χ3v) is 14.4. The maximum atomic E-state index is 2.53. The minimum Gasteiger partial charge on any atom is -0.309 e.